The van der Waals surface area contributed by atoms with Crippen LogP contribution in [0.25, 0.3) is 10.2 Å². The number of amides is 1. The van der Waals surface area contributed by atoms with Crippen LogP contribution in [0.4, 0.5) is 0 Å². The first-order valence-electron chi connectivity index (χ1n) is 7.30. The number of aromatic nitrogens is 3. The third kappa shape index (κ3) is 2.79. The molecule has 0 saturated carbocycles. The molecule has 0 aliphatic rings. The topological polar surface area (TPSA) is 61.4 Å². The number of thiazole rings is 1. The lowest BCUT2D eigenvalue weighted by Gasteiger charge is -2.00. The van der Waals surface area contributed by atoms with Gasteiger partial charge in [-0.05, 0) is 38.1 Å². The van der Waals surface area contributed by atoms with Gasteiger partial charge >= 0.3 is 0 Å². The van der Waals surface area contributed by atoms with Crippen molar-refractivity contribution >= 4 is 27.5 Å². The number of methoxy groups -OCH3 is 1. The summed E-state index contributed by atoms with van der Waals surface area (Å²) in [5.41, 5.74) is 2.35. The van der Waals surface area contributed by atoms with Gasteiger partial charge in [0.05, 0.1) is 23.0 Å². The Morgan fingerprint density at radius 2 is 2.17 bits per heavy atom. The normalized spacial score (nSPS) is 12.1. The van der Waals surface area contributed by atoms with Crippen molar-refractivity contribution in [3.8, 4) is 5.75 Å². The highest BCUT2D eigenvalue weighted by atomic mass is 32.1. The summed E-state index contributed by atoms with van der Waals surface area (Å²) >= 11 is 1.46. The van der Waals surface area contributed by atoms with Crippen LogP contribution in [0.3, 0.4) is 0 Å². The maximum absolute atomic E-state index is 12.5. The molecule has 3 aromatic rings. The molecule has 2 aromatic heterocycles. The van der Waals surface area contributed by atoms with Gasteiger partial charge in [-0.3, -0.25) is 9.48 Å². The van der Waals surface area contributed by atoms with Gasteiger partial charge in [0.2, 0.25) is 0 Å². The van der Waals surface area contributed by atoms with Crippen LogP contribution in [-0.4, -0.2) is 27.4 Å². The molecule has 0 atom stereocenters. The first-order valence-corrected chi connectivity index (χ1v) is 8.12. The van der Waals surface area contributed by atoms with Crippen molar-refractivity contribution in [1.29, 1.82) is 0 Å². The van der Waals surface area contributed by atoms with Crippen molar-refractivity contribution in [1.82, 2.24) is 14.3 Å². The van der Waals surface area contributed by atoms with E-state index in [0.29, 0.717) is 17.0 Å². The highest BCUT2D eigenvalue weighted by Crippen LogP contribution is 2.22. The van der Waals surface area contributed by atoms with E-state index in [1.165, 1.54) is 11.3 Å². The zero-order valence-corrected chi connectivity index (χ0v) is 14.3. The van der Waals surface area contributed by atoms with E-state index in [9.17, 15) is 4.79 Å². The second kappa shape index (κ2) is 6.00. The standard InChI is InChI=1S/C16H18N4O2S/c1-5-20-13(8-10(2)18-20)15(21)17-16-19(3)12-7-6-11(22-4)9-14(12)23-16/h6-9H,5H2,1-4H3. The summed E-state index contributed by atoms with van der Waals surface area (Å²) in [7, 11) is 3.54. The molecule has 1 aromatic carbocycles. The quantitative estimate of drug-likeness (QED) is 0.741. The van der Waals surface area contributed by atoms with E-state index in [0.717, 1.165) is 21.7 Å². The molecule has 1 amide bonds. The minimum atomic E-state index is -0.276. The number of benzene rings is 1. The molecule has 0 spiro atoms. The van der Waals surface area contributed by atoms with Gasteiger partial charge in [0, 0.05) is 13.6 Å². The lowest BCUT2D eigenvalue weighted by molar-refractivity contribution is 0.0988. The average molecular weight is 330 g/mol. The fourth-order valence-corrected chi connectivity index (χ4v) is 3.50. The van der Waals surface area contributed by atoms with E-state index >= 15 is 0 Å². The first kappa shape index (κ1) is 15.5. The van der Waals surface area contributed by atoms with Gasteiger partial charge < -0.3 is 9.30 Å². The third-order valence-corrected chi connectivity index (χ3v) is 4.73. The van der Waals surface area contributed by atoms with Gasteiger partial charge in [0.25, 0.3) is 5.91 Å². The van der Waals surface area contributed by atoms with E-state index in [4.69, 9.17) is 4.74 Å². The zero-order valence-electron chi connectivity index (χ0n) is 13.5. The van der Waals surface area contributed by atoms with Crippen molar-refractivity contribution in [3.05, 3.63) is 40.5 Å². The minimum Gasteiger partial charge on any atom is -0.497 e. The van der Waals surface area contributed by atoms with Gasteiger partial charge in [0.15, 0.2) is 4.80 Å². The molecule has 23 heavy (non-hydrogen) atoms. The third-order valence-electron chi connectivity index (χ3n) is 3.63. The van der Waals surface area contributed by atoms with E-state index in [1.807, 2.05) is 43.7 Å². The highest BCUT2D eigenvalue weighted by Gasteiger charge is 2.13. The smallest absolute Gasteiger partial charge is 0.297 e. The molecule has 0 N–H and O–H groups in total. The maximum atomic E-state index is 12.5. The zero-order chi connectivity index (χ0) is 16.6. The molecule has 0 fully saturated rings. The number of rotatable bonds is 3. The fourth-order valence-electron chi connectivity index (χ4n) is 2.45. The van der Waals surface area contributed by atoms with Crippen LogP contribution in [-0.2, 0) is 13.6 Å². The number of carbonyl (C=O) groups excluding carboxylic acids is 1. The maximum Gasteiger partial charge on any atom is 0.297 e. The lowest BCUT2D eigenvalue weighted by Crippen LogP contribution is -2.15. The Labute approximate surface area is 137 Å². The van der Waals surface area contributed by atoms with Crippen LogP contribution in [0.1, 0.15) is 23.1 Å². The van der Waals surface area contributed by atoms with Gasteiger partial charge in [-0.25, -0.2) is 0 Å². The Morgan fingerprint density at radius 3 is 2.87 bits per heavy atom. The molecule has 0 unspecified atom stereocenters. The molecule has 2 heterocycles. The number of hydrogen-bond donors (Lipinski definition) is 0. The molecular formula is C16H18N4O2S. The van der Waals surface area contributed by atoms with Crippen LogP contribution in [0, 0.1) is 6.92 Å². The molecule has 3 rings (SSSR count). The van der Waals surface area contributed by atoms with E-state index < -0.39 is 0 Å². The van der Waals surface area contributed by atoms with Crippen LogP contribution in [0.15, 0.2) is 29.3 Å². The van der Waals surface area contributed by atoms with Crippen molar-refractivity contribution < 1.29 is 9.53 Å². The predicted octanol–water partition coefficient (Wildman–Crippen LogP) is 2.51. The summed E-state index contributed by atoms with van der Waals surface area (Å²) in [6.45, 7) is 4.46. The SMILES string of the molecule is CCn1nc(C)cc1C(=O)N=c1sc2cc(OC)ccc2n1C. The fraction of sp³-hybridized carbons (Fsp3) is 0.312. The summed E-state index contributed by atoms with van der Waals surface area (Å²) < 4.78 is 9.86. The Morgan fingerprint density at radius 1 is 1.39 bits per heavy atom. The Bertz CT molecular complexity index is 949. The van der Waals surface area contributed by atoms with Gasteiger partial charge in [0.1, 0.15) is 11.4 Å². The van der Waals surface area contributed by atoms with Crippen molar-refractivity contribution in [2.24, 2.45) is 12.0 Å². The van der Waals surface area contributed by atoms with E-state index in [2.05, 4.69) is 10.1 Å². The Hall–Kier alpha value is -2.41. The molecule has 0 aliphatic heterocycles. The van der Waals surface area contributed by atoms with Crippen LogP contribution < -0.4 is 9.54 Å². The van der Waals surface area contributed by atoms with Gasteiger partial charge in [-0.15, -0.1) is 0 Å². The number of aryl methyl sites for hydroxylation is 3. The number of ether oxygens (including phenoxy) is 1. The number of hydrogen-bond acceptors (Lipinski definition) is 4. The predicted molar refractivity (Wildman–Crippen MR) is 89.9 cm³/mol. The number of fused-ring (bicyclic) bond motifs is 1. The summed E-state index contributed by atoms with van der Waals surface area (Å²) in [6.07, 6.45) is 0. The van der Waals surface area contributed by atoms with Gasteiger partial charge in [-0.2, -0.15) is 10.1 Å². The van der Waals surface area contributed by atoms with Crippen molar-refractivity contribution in [2.75, 3.05) is 7.11 Å². The molecule has 0 bridgehead atoms. The second-order valence-corrected chi connectivity index (χ2v) is 6.19. The van der Waals surface area contributed by atoms with Gasteiger partial charge in [-0.1, -0.05) is 11.3 Å². The number of carbonyl (C=O) groups is 1. The van der Waals surface area contributed by atoms with E-state index in [1.54, 1.807) is 17.9 Å². The summed E-state index contributed by atoms with van der Waals surface area (Å²) in [5.74, 6) is 0.512. The molecule has 0 aliphatic carbocycles. The largest absolute Gasteiger partial charge is 0.497 e. The second-order valence-electron chi connectivity index (χ2n) is 5.18. The number of nitrogens with zero attached hydrogens (tertiary/aromatic N) is 4. The minimum absolute atomic E-state index is 0.276. The first-order chi connectivity index (χ1) is 11.0. The molecule has 120 valence electrons. The van der Waals surface area contributed by atoms with Crippen LogP contribution in [0.5, 0.6) is 5.75 Å². The van der Waals surface area contributed by atoms with Crippen molar-refractivity contribution in [3.63, 3.8) is 0 Å². The molecular weight excluding hydrogens is 312 g/mol. The average Bonchev–Trinajstić information content (AvgIpc) is 3.07. The highest BCUT2D eigenvalue weighted by molar-refractivity contribution is 7.16. The lowest BCUT2D eigenvalue weighted by atomic mass is 10.3. The van der Waals surface area contributed by atoms with Crippen molar-refractivity contribution in [2.45, 2.75) is 20.4 Å². The van der Waals surface area contributed by atoms with E-state index in [-0.39, 0.29) is 5.91 Å². The summed E-state index contributed by atoms with van der Waals surface area (Å²) in [5, 5.41) is 4.30. The summed E-state index contributed by atoms with van der Waals surface area (Å²) in [6, 6.07) is 7.58. The summed E-state index contributed by atoms with van der Waals surface area (Å²) in [4.78, 5) is 17.4. The van der Waals surface area contributed by atoms with Crippen LogP contribution >= 0.6 is 11.3 Å². The molecule has 7 heteroatoms. The monoisotopic (exact) mass is 330 g/mol. The molecule has 0 radical (unpaired) electrons. The molecule has 0 saturated heterocycles. The van der Waals surface area contributed by atoms with Crippen LogP contribution in [0.2, 0.25) is 0 Å². The Balaban J connectivity index is 2.09. The molecule has 6 nitrogen and oxygen atoms in total. The Kier molecular flexibility index (Phi) is 4.04.